The number of rotatable bonds is 5. The van der Waals surface area contributed by atoms with Gasteiger partial charge in [0.05, 0.1) is 18.5 Å². The summed E-state index contributed by atoms with van der Waals surface area (Å²) in [6, 6.07) is 8.69. The first kappa shape index (κ1) is 16.9. The van der Waals surface area contributed by atoms with Crippen LogP contribution in [-0.4, -0.2) is 51.4 Å². The quantitative estimate of drug-likeness (QED) is 0.884. The molecule has 1 aromatic rings. The highest BCUT2D eigenvalue weighted by Crippen LogP contribution is 2.36. The average molecular weight is 338 g/mol. The van der Waals surface area contributed by atoms with Crippen molar-refractivity contribution in [2.24, 2.45) is 5.92 Å². The number of likely N-dealkylation sites (tertiary alicyclic amines) is 1. The van der Waals surface area contributed by atoms with Crippen LogP contribution in [-0.2, 0) is 21.3 Å². The molecule has 5 nitrogen and oxygen atoms in total. The van der Waals surface area contributed by atoms with E-state index in [1.54, 1.807) is 0 Å². The summed E-state index contributed by atoms with van der Waals surface area (Å²) in [6.07, 6.45) is 3.25. The molecule has 0 bridgehead atoms. The Morgan fingerprint density at radius 2 is 2.00 bits per heavy atom. The summed E-state index contributed by atoms with van der Waals surface area (Å²) >= 11 is 0. The number of nitrogens with zero attached hydrogens (tertiary/aromatic N) is 1. The van der Waals surface area contributed by atoms with Crippen LogP contribution in [0.15, 0.2) is 24.3 Å². The smallest absolute Gasteiger partial charge is 0.208 e. The Morgan fingerprint density at radius 3 is 2.57 bits per heavy atom. The van der Waals surface area contributed by atoms with Crippen LogP contribution < -0.4 is 4.72 Å². The maximum Gasteiger partial charge on any atom is 0.208 e. The number of benzene rings is 1. The van der Waals surface area contributed by atoms with Crippen molar-refractivity contribution in [2.45, 2.75) is 31.9 Å². The maximum atomic E-state index is 11.1. The number of nitrogens with one attached hydrogen (secondary N) is 1. The lowest BCUT2D eigenvalue weighted by atomic mass is 9.83. The molecule has 0 saturated carbocycles. The molecule has 1 N–H and O–H groups in total. The molecule has 2 aliphatic heterocycles. The summed E-state index contributed by atoms with van der Waals surface area (Å²) in [5, 5.41) is 0. The van der Waals surface area contributed by atoms with Gasteiger partial charge in [0.2, 0.25) is 10.0 Å². The lowest BCUT2D eigenvalue weighted by molar-refractivity contribution is -0.181. The Kier molecular flexibility index (Phi) is 4.78. The molecule has 2 heterocycles. The summed E-state index contributed by atoms with van der Waals surface area (Å²) in [5.74, 6) is 0.293. The van der Waals surface area contributed by atoms with Gasteiger partial charge in [0, 0.05) is 26.2 Å². The minimum atomic E-state index is -3.10. The van der Waals surface area contributed by atoms with Crippen molar-refractivity contribution < 1.29 is 13.2 Å². The van der Waals surface area contributed by atoms with Gasteiger partial charge >= 0.3 is 0 Å². The van der Waals surface area contributed by atoms with Crippen molar-refractivity contribution >= 4 is 10.0 Å². The Hall–Kier alpha value is -0.950. The normalized spacial score (nSPS) is 24.5. The lowest BCUT2D eigenvalue weighted by Crippen LogP contribution is -2.64. The van der Waals surface area contributed by atoms with Crippen molar-refractivity contribution in [3.8, 4) is 0 Å². The fraction of sp³-hybridized carbons (Fsp3) is 0.647. The van der Waals surface area contributed by atoms with E-state index < -0.39 is 10.0 Å². The third-order valence-corrected chi connectivity index (χ3v) is 5.51. The second kappa shape index (κ2) is 6.51. The SMILES string of the molecule is Cc1ccc(CN2CC3(CCC(CNS(C)(=O)=O)CO3)C2)cc1. The second-order valence-corrected chi connectivity index (χ2v) is 8.98. The molecule has 1 unspecified atom stereocenters. The van der Waals surface area contributed by atoms with Crippen LogP contribution in [0.3, 0.4) is 0 Å². The minimum absolute atomic E-state index is 0.00624. The highest BCUT2D eigenvalue weighted by Gasteiger charge is 2.46. The third kappa shape index (κ3) is 4.53. The van der Waals surface area contributed by atoms with Gasteiger partial charge in [-0.05, 0) is 31.2 Å². The van der Waals surface area contributed by atoms with Crippen LogP contribution in [0.2, 0.25) is 0 Å². The van der Waals surface area contributed by atoms with Crippen molar-refractivity contribution in [3.63, 3.8) is 0 Å². The summed E-state index contributed by atoms with van der Waals surface area (Å²) in [7, 11) is -3.10. The van der Waals surface area contributed by atoms with E-state index in [9.17, 15) is 8.42 Å². The Bertz CT molecular complexity index is 626. The number of aryl methyl sites for hydroxylation is 1. The molecule has 0 radical (unpaired) electrons. The van der Waals surface area contributed by atoms with Crippen LogP contribution in [0, 0.1) is 12.8 Å². The molecule has 2 aliphatic rings. The van der Waals surface area contributed by atoms with Gasteiger partial charge in [-0.15, -0.1) is 0 Å². The number of sulfonamides is 1. The fourth-order valence-corrected chi connectivity index (χ4v) is 3.97. The van der Waals surface area contributed by atoms with Crippen molar-refractivity contribution in [3.05, 3.63) is 35.4 Å². The molecule has 3 rings (SSSR count). The number of hydrogen-bond donors (Lipinski definition) is 1. The van der Waals surface area contributed by atoms with Crippen LogP contribution in [0.4, 0.5) is 0 Å². The van der Waals surface area contributed by atoms with Gasteiger partial charge in [-0.1, -0.05) is 29.8 Å². The molecule has 0 amide bonds. The van der Waals surface area contributed by atoms with E-state index in [2.05, 4.69) is 40.8 Å². The molecule has 1 spiro atoms. The minimum Gasteiger partial charge on any atom is -0.372 e. The van der Waals surface area contributed by atoms with Crippen LogP contribution in [0.5, 0.6) is 0 Å². The van der Waals surface area contributed by atoms with Crippen molar-refractivity contribution in [1.29, 1.82) is 0 Å². The van der Waals surface area contributed by atoms with E-state index in [4.69, 9.17) is 4.74 Å². The van der Waals surface area contributed by atoms with Crippen LogP contribution in [0.25, 0.3) is 0 Å². The summed E-state index contributed by atoms with van der Waals surface area (Å²) in [4.78, 5) is 2.42. The Morgan fingerprint density at radius 1 is 1.30 bits per heavy atom. The molecule has 6 heteroatoms. The highest BCUT2D eigenvalue weighted by molar-refractivity contribution is 7.88. The monoisotopic (exact) mass is 338 g/mol. The molecule has 2 fully saturated rings. The molecule has 0 aliphatic carbocycles. The zero-order valence-electron chi connectivity index (χ0n) is 13.9. The Labute approximate surface area is 139 Å². The zero-order chi connectivity index (χ0) is 16.5. The number of hydrogen-bond acceptors (Lipinski definition) is 4. The van der Waals surface area contributed by atoms with Gasteiger partial charge in [-0.25, -0.2) is 13.1 Å². The molecule has 23 heavy (non-hydrogen) atoms. The van der Waals surface area contributed by atoms with Gasteiger partial charge in [0.15, 0.2) is 0 Å². The van der Waals surface area contributed by atoms with Crippen LogP contribution in [0.1, 0.15) is 24.0 Å². The first-order valence-electron chi connectivity index (χ1n) is 8.20. The summed E-state index contributed by atoms with van der Waals surface area (Å²) in [6.45, 7) is 6.18. The predicted molar refractivity (Wildman–Crippen MR) is 90.7 cm³/mol. The van der Waals surface area contributed by atoms with E-state index in [0.29, 0.717) is 19.1 Å². The molecule has 2 saturated heterocycles. The van der Waals surface area contributed by atoms with Gasteiger partial charge in [0.25, 0.3) is 0 Å². The van der Waals surface area contributed by atoms with Crippen molar-refractivity contribution in [2.75, 3.05) is 32.5 Å². The van der Waals surface area contributed by atoms with Gasteiger partial charge < -0.3 is 4.74 Å². The van der Waals surface area contributed by atoms with E-state index in [0.717, 1.165) is 32.5 Å². The van der Waals surface area contributed by atoms with E-state index in [1.807, 2.05) is 0 Å². The molecule has 0 aromatic heterocycles. The summed E-state index contributed by atoms with van der Waals surface area (Å²) < 4.78 is 31.0. The fourth-order valence-electron chi connectivity index (χ4n) is 3.43. The van der Waals surface area contributed by atoms with E-state index in [-0.39, 0.29) is 5.60 Å². The molecule has 1 aromatic carbocycles. The predicted octanol–water partition coefficient (Wildman–Crippen LogP) is 1.53. The van der Waals surface area contributed by atoms with E-state index >= 15 is 0 Å². The van der Waals surface area contributed by atoms with Crippen LogP contribution >= 0.6 is 0 Å². The first-order valence-corrected chi connectivity index (χ1v) is 10.1. The van der Waals surface area contributed by atoms with Gasteiger partial charge in [-0.3, -0.25) is 4.90 Å². The first-order chi connectivity index (χ1) is 10.8. The maximum absolute atomic E-state index is 11.1. The largest absolute Gasteiger partial charge is 0.372 e. The highest BCUT2D eigenvalue weighted by atomic mass is 32.2. The molecular weight excluding hydrogens is 312 g/mol. The van der Waals surface area contributed by atoms with E-state index in [1.165, 1.54) is 17.4 Å². The molecule has 1 atom stereocenters. The lowest BCUT2D eigenvalue weighted by Gasteiger charge is -2.53. The topological polar surface area (TPSA) is 58.6 Å². The summed E-state index contributed by atoms with van der Waals surface area (Å²) in [5.41, 5.74) is 2.64. The van der Waals surface area contributed by atoms with Gasteiger partial charge in [0.1, 0.15) is 0 Å². The van der Waals surface area contributed by atoms with Gasteiger partial charge in [-0.2, -0.15) is 0 Å². The third-order valence-electron chi connectivity index (χ3n) is 4.82. The molecule has 128 valence electrons. The average Bonchev–Trinajstić information content (AvgIpc) is 2.46. The second-order valence-electron chi connectivity index (χ2n) is 7.15. The zero-order valence-corrected chi connectivity index (χ0v) is 14.7. The molecular formula is C17H26N2O3S. The standard InChI is InChI=1S/C17H26N2O3S/c1-14-3-5-15(6-4-14)10-19-12-17(13-19)8-7-16(11-22-17)9-18-23(2,20)21/h3-6,16,18H,7-13H2,1-2H3. The van der Waals surface area contributed by atoms with Crippen molar-refractivity contribution in [1.82, 2.24) is 9.62 Å². The Balaban J connectivity index is 1.42. The number of ether oxygens (including phenoxy) is 1.